The minimum Gasteiger partial charge on any atom is -0.495 e. The van der Waals surface area contributed by atoms with Gasteiger partial charge >= 0.3 is 6.09 Å². The first-order valence-corrected chi connectivity index (χ1v) is 8.67. The number of anilines is 1. The van der Waals surface area contributed by atoms with Crippen LogP contribution in [-0.2, 0) is 16.1 Å². The summed E-state index contributed by atoms with van der Waals surface area (Å²) in [5.74, 6) is 0.121. The number of benzene rings is 2. The molecule has 0 unspecified atom stereocenters. The molecule has 27 heavy (non-hydrogen) atoms. The van der Waals surface area contributed by atoms with Crippen LogP contribution in [0.15, 0.2) is 54.6 Å². The molecule has 1 aliphatic heterocycles. The van der Waals surface area contributed by atoms with Crippen molar-refractivity contribution in [3.63, 3.8) is 0 Å². The average Bonchev–Trinajstić information content (AvgIpc) is 3.09. The molecular formula is C20H22N2O5. The van der Waals surface area contributed by atoms with Crippen molar-refractivity contribution in [2.75, 3.05) is 19.0 Å². The molecule has 1 heterocycles. The van der Waals surface area contributed by atoms with Crippen molar-refractivity contribution in [3.05, 3.63) is 60.2 Å². The van der Waals surface area contributed by atoms with E-state index in [0.717, 1.165) is 5.56 Å². The fourth-order valence-electron chi connectivity index (χ4n) is 3.03. The fraction of sp³-hybridized carbons (Fsp3) is 0.300. The molecule has 0 radical (unpaired) electrons. The van der Waals surface area contributed by atoms with E-state index in [4.69, 9.17) is 9.47 Å². The molecule has 2 atom stereocenters. The van der Waals surface area contributed by atoms with Gasteiger partial charge in [-0.25, -0.2) is 4.79 Å². The number of β-amino-alcohol motifs (C(OH)–C–C–N with tert-alkyl or cyclic N) is 1. The molecule has 7 nitrogen and oxygen atoms in total. The van der Waals surface area contributed by atoms with Gasteiger partial charge in [0.2, 0.25) is 5.91 Å². The predicted molar refractivity (Wildman–Crippen MR) is 99.4 cm³/mol. The molecule has 2 N–H and O–H groups in total. The van der Waals surface area contributed by atoms with Crippen LogP contribution in [0.4, 0.5) is 10.5 Å². The van der Waals surface area contributed by atoms with E-state index in [1.807, 2.05) is 30.3 Å². The van der Waals surface area contributed by atoms with E-state index >= 15 is 0 Å². The second-order valence-corrected chi connectivity index (χ2v) is 6.29. The molecule has 0 spiro atoms. The fourth-order valence-corrected chi connectivity index (χ4v) is 3.03. The third kappa shape index (κ3) is 4.57. The summed E-state index contributed by atoms with van der Waals surface area (Å²) in [4.78, 5) is 26.4. The zero-order chi connectivity index (χ0) is 19.2. The van der Waals surface area contributed by atoms with Crippen LogP contribution in [0.25, 0.3) is 0 Å². The van der Waals surface area contributed by atoms with Gasteiger partial charge in [-0.05, 0) is 17.7 Å². The molecular weight excluding hydrogens is 348 g/mol. The molecule has 0 aliphatic carbocycles. The van der Waals surface area contributed by atoms with E-state index in [-0.39, 0.29) is 19.6 Å². The van der Waals surface area contributed by atoms with Crippen molar-refractivity contribution in [1.29, 1.82) is 0 Å². The number of ether oxygens (including phenoxy) is 2. The van der Waals surface area contributed by atoms with Crippen LogP contribution in [0.3, 0.4) is 0 Å². The number of para-hydroxylation sites is 2. The highest BCUT2D eigenvalue weighted by molar-refractivity contribution is 5.98. The maximum Gasteiger partial charge on any atom is 0.410 e. The van der Waals surface area contributed by atoms with Crippen LogP contribution in [0.5, 0.6) is 5.75 Å². The lowest BCUT2D eigenvalue weighted by atomic mass is 10.2. The third-order valence-electron chi connectivity index (χ3n) is 4.39. The summed E-state index contributed by atoms with van der Waals surface area (Å²) in [6.45, 7) is 0.157. The van der Waals surface area contributed by atoms with Gasteiger partial charge in [-0.2, -0.15) is 0 Å². The number of hydrogen-bond acceptors (Lipinski definition) is 5. The normalized spacial score (nSPS) is 18.8. The Kier molecular flexibility index (Phi) is 5.93. The number of likely N-dealkylation sites (tertiary alicyclic amines) is 1. The highest BCUT2D eigenvalue weighted by Crippen LogP contribution is 2.26. The number of methoxy groups -OCH3 is 1. The Morgan fingerprint density at radius 2 is 1.85 bits per heavy atom. The molecule has 0 bridgehead atoms. The van der Waals surface area contributed by atoms with Gasteiger partial charge in [-0.3, -0.25) is 9.69 Å². The quantitative estimate of drug-likeness (QED) is 0.844. The minimum atomic E-state index is -0.812. The number of carbonyl (C=O) groups is 2. The average molecular weight is 370 g/mol. The summed E-state index contributed by atoms with van der Waals surface area (Å²) in [7, 11) is 1.51. The lowest BCUT2D eigenvalue weighted by molar-refractivity contribution is -0.120. The van der Waals surface area contributed by atoms with E-state index < -0.39 is 24.1 Å². The van der Waals surface area contributed by atoms with Crippen LogP contribution in [-0.4, -0.2) is 47.8 Å². The first-order chi connectivity index (χ1) is 13.1. The molecule has 2 amide bonds. The van der Waals surface area contributed by atoms with Crippen LogP contribution in [0.2, 0.25) is 0 Å². The van der Waals surface area contributed by atoms with Gasteiger partial charge in [0.05, 0.1) is 25.4 Å². The first-order valence-electron chi connectivity index (χ1n) is 8.67. The smallest absolute Gasteiger partial charge is 0.410 e. The highest BCUT2D eigenvalue weighted by atomic mass is 16.6. The van der Waals surface area contributed by atoms with Gasteiger partial charge in [-0.1, -0.05) is 42.5 Å². The second-order valence-electron chi connectivity index (χ2n) is 6.29. The number of nitrogens with zero attached hydrogens (tertiary/aromatic N) is 1. The highest BCUT2D eigenvalue weighted by Gasteiger charge is 2.40. The van der Waals surface area contributed by atoms with Gasteiger partial charge in [-0.15, -0.1) is 0 Å². The molecule has 1 fully saturated rings. The molecule has 2 aromatic rings. The number of aliphatic hydroxyl groups is 1. The number of amides is 2. The summed E-state index contributed by atoms with van der Waals surface area (Å²) in [5.41, 5.74) is 1.35. The van der Waals surface area contributed by atoms with Crippen molar-refractivity contribution in [2.24, 2.45) is 0 Å². The Balaban J connectivity index is 1.66. The topological polar surface area (TPSA) is 88.1 Å². The van der Waals surface area contributed by atoms with Gasteiger partial charge < -0.3 is 19.9 Å². The van der Waals surface area contributed by atoms with Crippen molar-refractivity contribution in [3.8, 4) is 5.75 Å². The number of carbonyl (C=O) groups excluding carboxylic acids is 2. The van der Waals surface area contributed by atoms with Gasteiger partial charge in [0.25, 0.3) is 0 Å². The predicted octanol–water partition coefficient (Wildman–Crippen LogP) is 2.41. The monoisotopic (exact) mass is 370 g/mol. The molecule has 0 saturated carbocycles. The summed E-state index contributed by atoms with van der Waals surface area (Å²) >= 11 is 0. The molecule has 142 valence electrons. The van der Waals surface area contributed by atoms with Crippen molar-refractivity contribution >= 4 is 17.7 Å². The SMILES string of the molecule is COc1ccccc1NC(=O)[C@H]1C[C@H](O)CN1C(=O)OCc1ccccc1. The van der Waals surface area contributed by atoms with E-state index in [1.165, 1.54) is 12.0 Å². The van der Waals surface area contributed by atoms with Gasteiger partial charge in [0, 0.05) is 6.42 Å². The Morgan fingerprint density at radius 1 is 1.15 bits per heavy atom. The molecule has 0 aromatic heterocycles. The van der Waals surface area contributed by atoms with E-state index in [2.05, 4.69) is 5.32 Å². The van der Waals surface area contributed by atoms with Crippen molar-refractivity contribution in [1.82, 2.24) is 4.90 Å². The van der Waals surface area contributed by atoms with Crippen LogP contribution < -0.4 is 10.1 Å². The first kappa shape index (κ1) is 18.7. The van der Waals surface area contributed by atoms with Crippen molar-refractivity contribution < 1.29 is 24.2 Å². The molecule has 2 aromatic carbocycles. The lowest BCUT2D eigenvalue weighted by Crippen LogP contribution is -2.43. The van der Waals surface area contributed by atoms with Crippen molar-refractivity contribution in [2.45, 2.75) is 25.2 Å². The van der Waals surface area contributed by atoms with Crippen LogP contribution in [0.1, 0.15) is 12.0 Å². The maximum atomic E-state index is 12.7. The van der Waals surface area contributed by atoms with E-state index in [9.17, 15) is 14.7 Å². The lowest BCUT2D eigenvalue weighted by Gasteiger charge is -2.23. The zero-order valence-electron chi connectivity index (χ0n) is 15.0. The Morgan fingerprint density at radius 3 is 2.59 bits per heavy atom. The third-order valence-corrected chi connectivity index (χ3v) is 4.39. The number of aliphatic hydroxyl groups excluding tert-OH is 1. The maximum absolute atomic E-state index is 12.7. The van der Waals surface area contributed by atoms with Gasteiger partial charge in [0.1, 0.15) is 18.4 Å². The number of rotatable bonds is 5. The Labute approximate surface area is 157 Å². The standard InChI is InChI=1S/C20H22N2O5/c1-26-18-10-6-5-9-16(18)21-19(24)17-11-15(23)12-22(17)20(25)27-13-14-7-3-2-4-8-14/h2-10,15,17,23H,11-13H2,1H3,(H,21,24)/t15-,17+/m0/s1. The molecule has 1 aliphatic rings. The van der Waals surface area contributed by atoms with Crippen LogP contribution >= 0.6 is 0 Å². The van der Waals surface area contributed by atoms with Gasteiger partial charge in [0.15, 0.2) is 0 Å². The van der Waals surface area contributed by atoms with Crippen LogP contribution in [0, 0.1) is 0 Å². The van der Waals surface area contributed by atoms with E-state index in [0.29, 0.717) is 11.4 Å². The Bertz CT molecular complexity index is 796. The summed E-state index contributed by atoms with van der Waals surface area (Å²) in [6.07, 6.45) is -1.25. The molecule has 7 heteroatoms. The number of hydrogen-bond donors (Lipinski definition) is 2. The molecule has 3 rings (SSSR count). The minimum absolute atomic E-state index is 0.0532. The summed E-state index contributed by atoms with van der Waals surface area (Å²) in [5, 5.41) is 12.7. The zero-order valence-corrected chi connectivity index (χ0v) is 15.0. The summed E-state index contributed by atoms with van der Waals surface area (Å²) in [6, 6.07) is 15.5. The summed E-state index contributed by atoms with van der Waals surface area (Å²) < 4.78 is 10.5. The molecule has 1 saturated heterocycles. The largest absolute Gasteiger partial charge is 0.495 e. The van der Waals surface area contributed by atoms with E-state index in [1.54, 1.807) is 24.3 Å². The second kappa shape index (κ2) is 8.55. The number of nitrogens with one attached hydrogen (secondary N) is 1. The Hall–Kier alpha value is -3.06.